The minimum Gasteiger partial charge on any atom is -0.491 e. The fourth-order valence-electron chi connectivity index (χ4n) is 1.26. The molecule has 0 saturated carbocycles. The van der Waals surface area contributed by atoms with Gasteiger partial charge in [-0.2, -0.15) is 4.91 Å². The zero-order chi connectivity index (χ0) is 10.9. The third-order valence-electron chi connectivity index (χ3n) is 2.00. The molecule has 4 nitrogen and oxygen atoms in total. The number of ether oxygens (including phenoxy) is 1. The van der Waals surface area contributed by atoms with Gasteiger partial charge in [-0.3, -0.25) is 0 Å². The maximum Gasteiger partial charge on any atom is 0.119 e. The van der Waals surface area contributed by atoms with E-state index in [9.17, 15) is 4.91 Å². The largest absolute Gasteiger partial charge is 0.491 e. The summed E-state index contributed by atoms with van der Waals surface area (Å²) in [5, 5.41) is 11.4. The van der Waals surface area contributed by atoms with Gasteiger partial charge in [-0.1, -0.05) is 17.3 Å². The summed E-state index contributed by atoms with van der Waals surface area (Å²) in [7, 11) is 0. The molecule has 1 aromatic carbocycles. The lowest BCUT2D eigenvalue weighted by Gasteiger charge is -2.04. The van der Waals surface area contributed by atoms with Gasteiger partial charge in [0.1, 0.15) is 12.4 Å². The topological polar surface area (TPSA) is 58.9 Å². The van der Waals surface area contributed by atoms with E-state index in [2.05, 4.69) is 5.18 Å². The Hall–Kier alpha value is -1.42. The van der Waals surface area contributed by atoms with E-state index in [1.54, 1.807) is 0 Å². The summed E-state index contributed by atoms with van der Waals surface area (Å²) in [4.78, 5) is 9.87. The summed E-state index contributed by atoms with van der Waals surface area (Å²) in [5.41, 5.74) is 1.16. The van der Waals surface area contributed by atoms with E-state index in [1.807, 2.05) is 24.3 Å². The molecule has 1 N–H and O–H groups in total. The number of aliphatic hydroxyl groups is 1. The molecule has 0 aliphatic rings. The van der Waals surface area contributed by atoms with Crippen LogP contribution in [0.4, 0.5) is 0 Å². The maximum atomic E-state index is 9.87. The first kappa shape index (κ1) is 11.7. The highest BCUT2D eigenvalue weighted by Crippen LogP contribution is 2.13. The number of aliphatic hydroxyl groups excluding tert-OH is 1. The van der Waals surface area contributed by atoms with Crippen molar-refractivity contribution < 1.29 is 9.84 Å². The van der Waals surface area contributed by atoms with Gasteiger partial charge >= 0.3 is 0 Å². The van der Waals surface area contributed by atoms with Crippen molar-refractivity contribution in [2.75, 3.05) is 19.8 Å². The molecule has 0 fully saturated rings. The number of nitrogens with zero attached hydrogens (tertiary/aromatic N) is 1. The Balaban J connectivity index is 2.38. The van der Waals surface area contributed by atoms with Crippen molar-refractivity contribution >= 4 is 0 Å². The molecule has 0 spiro atoms. The molecule has 0 aliphatic heterocycles. The van der Waals surface area contributed by atoms with E-state index in [0.717, 1.165) is 24.2 Å². The Morgan fingerprint density at radius 3 is 2.60 bits per heavy atom. The number of hydrogen-bond donors (Lipinski definition) is 1. The summed E-state index contributed by atoms with van der Waals surface area (Å²) in [6, 6.07) is 7.63. The molecule has 15 heavy (non-hydrogen) atoms. The third kappa shape index (κ3) is 4.56. The molecular formula is C11H15NO3. The molecule has 4 heteroatoms. The maximum absolute atomic E-state index is 9.87. The Labute approximate surface area is 88.9 Å². The van der Waals surface area contributed by atoms with Crippen LogP contribution in [-0.4, -0.2) is 24.9 Å². The quantitative estimate of drug-likeness (QED) is 0.549. The van der Waals surface area contributed by atoms with E-state index in [-0.39, 0.29) is 6.61 Å². The van der Waals surface area contributed by atoms with Gasteiger partial charge in [0, 0.05) is 0 Å². The standard InChI is InChI=1S/C11H15NO3/c13-8-9-15-11-5-3-10(4-6-11)2-1-7-12-14/h3-6,13H,1-2,7-9H2. The van der Waals surface area contributed by atoms with Gasteiger partial charge in [-0.25, -0.2) is 0 Å². The SMILES string of the molecule is O=NCCCc1ccc(OCCO)cc1. The Kier molecular flexibility index (Phi) is 5.40. The molecular weight excluding hydrogens is 194 g/mol. The molecule has 0 heterocycles. The van der Waals surface area contributed by atoms with Crippen LogP contribution >= 0.6 is 0 Å². The van der Waals surface area contributed by atoms with Crippen molar-refractivity contribution in [1.82, 2.24) is 0 Å². The summed E-state index contributed by atoms with van der Waals surface area (Å²) >= 11 is 0. The third-order valence-corrected chi connectivity index (χ3v) is 2.00. The lowest BCUT2D eigenvalue weighted by Crippen LogP contribution is -2.01. The minimum atomic E-state index is 0.0206. The highest BCUT2D eigenvalue weighted by atomic mass is 16.5. The van der Waals surface area contributed by atoms with Crippen molar-refractivity contribution in [3.63, 3.8) is 0 Å². The van der Waals surface area contributed by atoms with E-state index >= 15 is 0 Å². The Morgan fingerprint density at radius 2 is 2.00 bits per heavy atom. The summed E-state index contributed by atoms with van der Waals surface area (Å²) in [5.74, 6) is 0.751. The first-order valence-electron chi connectivity index (χ1n) is 4.98. The van der Waals surface area contributed by atoms with Gasteiger partial charge in [-0.05, 0) is 30.5 Å². The molecule has 0 unspecified atom stereocenters. The smallest absolute Gasteiger partial charge is 0.119 e. The van der Waals surface area contributed by atoms with Crippen LogP contribution < -0.4 is 4.74 Å². The lowest BCUT2D eigenvalue weighted by atomic mass is 10.1. The molecule has 0 aliphatic carbocycles. The first-order chi connectivity index (χ1) is 7.36. The predicted octanol–water partition coefficient (Wildman–Crippen LogP) is 1.76. The second kappa shape index (κ2) is 6.95. The van der Waals surface area contributed by atoms with Gasteiger partial charge in [-0.15, -0.1) is 0 Å². The predicted molar refractivity (Wildman–Crippen MR) is 58.0 cm³/mol. The van der Waals surface area contributed by atoms with Gasteiger partial charge < -0.3 is 9.84 Å². The number of hydrogen-bond acceptors (Lipinski definition) is 4. The van der Waals surface area contributed by atoms with Crippen LogP contribution in [0.25, 0.3) is 0 Å². The molecule has 0 amide bonds. The van der Waals surface area contributed by atoms with Gasteiger partial charge in [0.25, 0.3) is 0 Å². The van der Waals surface area contributed by atoms with Crippen molar-refractivity contribution in [2.24, 2.45) is 5.18 Å². The number of benzene rings is 1. The average Bonchev–Trinajstić information content (AvgIpc) is 2.28. The van der Waals surface area contributed by atoms with Crippen LogP contribution in [-0.2, 0) is 6.42 Å². The second-order valence-electron chi connectivity index (χ2n) is 3.17. The Bertz CT molecular complexity index is 284. The van der Waals surface area contributed by atoms with Crippen LogP contribution in [0.5, 0.6) is 5.75 Å². The van der Waals surface area contributed by atoms with E-state index in [4.69, 9.17) is 9.84 Å². The van der Waals surface area contributed by atoms with Gasteiger partial charge in [0.05, 0.1) is 13.2 Å². The molecule has 1 rings (SSSR count). The summed E-state index contributed by atoms with van der Waals surface area (Å²) < 4.78 is 5.22. The number of aryl methyl sites for hydroxylation is 1. The van der Waals surface area contributed by atoms with E-state index < -0.39 is 0 Å². The van der Waals surface area contributed by atoms with Crippen molar-refractivity contribution in [3.05, 3.63) is 34.7 Å². The molecule has 0 radical (unpaired) electrons. The van der Waals surface area contributed by atoms with E-state index in [0.29, 0.717) is 13.2 Å². The highest BCUT2D eigenvalue weighted by Gasteiger charge is 1.95. The van der Waals surface area contributed by atoms with Crippen LogP contribution in [0.1, 0.15) is 12.0 Å². The van der Waals surface area contributed by atoms with Crippen molar-refractivity contribution in [3.8, 4) is 5.75 Å². The molecule has 0 saturated heterocycles. The zero-order valence-electron chi connectivity index (χ0n) is 8.56. The van der Waals surface area contributed by atoms with Crippen LogP contribution in [0, 0.1) is 4.91 Å². The molecule has 0 aromatic heterocycles. The normalized spacial score (nSPS) is 9.93. The van der Waals surface area contributed by atoms with Crippen molar-refractivity contribution in [2.45, 2.75) is 12.8 Å². The number of nitroso groups, excluding NO2 is 1. The monoisotopic (exact) mass is 209 g/mol. The average molecular weight is 209 g/mol. The molecule has 82 valence electrons. The Morgan fingerprint density at radius 1 is 1.27 bits per heavy atom. The van der Waals surface area contributed by atoms with Crippen LogP contribution in [0.15, 0.2) is 29.4 Å². The first-order valence-corrected chi connectivity index (χ1v) is 4.98. The zero-order valence-corrected chi connectivity index (χ0v) is 8.56. The van der Waals surface area contributed by atoms with E-state index in [1.165, 1.54) is 0 Å². The summed E-state index contributed by atoms with van der Waals surface area (Å²) in [6.45, 7) is 0.698. The fourth-order valence-corrected chi connectivity index (χ4v) is 1.26. The highest BCUT2D eigenvalue weighted by molar-refractivity contribution is 5.27. The molecule has 0 bridgehead atoms. The lowest BCUT2D eigenvalue weighted by molar-refractivity contribution is 0.201. The van der Waals surface area contributed by atoms with Crippen molar-refractivity contribution in [1.29, 1.82) is 0 Å². The van der Waals surface area contributed by atoms with Crippen LogP contribution in [0.2, 0.25) is 0 Å². The molecule has 0 atom stereocenters. The summed E-state index contributed by atoms with van der Waals surface area (Å²) in [6.07, 6.45) is 1.63. The minimum absolute atomic E-state index is 0.0206. The van der Waals surface area contributed by atoms with Crippen LogP contribution in [0.3, 0.4) is 0 Å². The second-order valence-corrected chi connectivity index (χ2v) is 3.17. The number of rotatable bonds is 7. The van der Waals surface area contributed by atoms with Gasteiger partial charge in [0.2, 0.25) is 0 Å². The van der Waals surface area contributed by atoms with Gasteiger partial charge in [0.15, 0.2) is 0 Å². The molecule has 1 aromatic rings. The fraction of sp³-hybridized carbons (Fsp3) is 0.455.